The first-order valence-corrected chi connectivity index (χ1v) is 15.2. The molecule has 1 unspecified atom stereocenters. The minimum Gasteiger partial charge on any atom is -0.482 e. The molecule has 3 aromatic rings. The lowest BCUT2D eigenvalue weighted by Crippen LogP contribution is -2.41. The second-order valence-corrected chi connectivity index (χ2v) is 11.9. The number of aliphatic hydroxyl groups excluding tert-OH is 1. The third-order valence-corrected chi connectivity index (χ3v) is 8.36. The number of halogens is 7. The zero-order valence-electron chi connectivity index (χ0n) is 25.0. The van der Waals surface area contributed by atoms with Gasteiger partial charge in [0.25, 0.3) is 5.91 Å². The number of hydrogen-bond donors (Lipinski definition) is 4. The highest BCUT2D eigenvalue weighted by Gasteiger charge is 2.32. The normalized spacial score (nSPS) is 15.3. The van der Waals surface area contributed by atoms with Crippen LogP contribution in [0, 0.1) is 17.7 Å². The molecule has 0 aliphatic carbocycles. The Labute approximate surface area is 265 Å². The number of hydrogen-bond acceptors (Lipinski definition) is 7. The van der Waals surface area contributed by atoms with Crippen molar-refractivity contribution in [2.24, 2.45) is 0 Å². The van der Waals surface area contributed by atoms with Gasteiger partial charge in [0.15, 0.2) is 6.61 Å². The number of rotatable bonds is 10. The van der Waals surface area contributed by atoms with E-state index in [-0.39, 0.29) is 28.7 Å². The van der Waals surface area contributed by atoms with E-state index >= 15 is 0 Å². The number of nitrogens with one attached hydrogen (secondary N) is 3. The lowest BCUT2D eigenvalue weighted by atomic mass is 10.0. The number of piperidine rings is 1. The quantitative estimate of drug-likeness (QED) is 0.152. The minimum absolute atomic E-state index is 0.00516. The molecule has 1 saturated heterocycles. The maximum absolute atomic E-state index is 14.6. The Morgan fingerprint density at radius 1 is 1.13 bits per heavy atom. The molecule has 7 nitrogen and oxygen atoms in total. The molecular weight excluding hydrogens is 641 g/mol. The van der Waals surface area contributed by atoms with E-state index in [4.69, 9.17) is 4.74 Å². The Kier molecular flexibility index (Phi) is 11.3. The van der Waals surface area contributed by atoms with Gasteiger partial charge in [-0.3, -0.25) is 4.79 Å². The molecular formula is C31H33F7N4O3S. The minimum atomic E-state index is -4.71. The standard InChI is InChI=1S/C31H33F7N4O3S/c1-18(43)16-42-11-8-19(9-12-42)41-24-6-3-5-20-22(15-30(33,34)35)27(46-28(20)24)7-4-10-40-25-14-23(32)21(29(44)39-2)13-26(25)45-17-31(36,37)38/h3,5-6,13-14,18-19,40-41,43H,8-12,15-17H2,1-2H3,(H,39,44). The van der Waals surface area contributed by atoms with Gasteiger partial charge in [0.05, 0.1) is 45.6 Å². The first-order valence-electron chi connectivity index (χ1n) is 14.4. The van der Waals surface area contributed by atoms with Crippen LogP contribution in [-0.4, -0.2) is 80.2 Å². The van der Waals surface area contributed by atoms with Gasteiger partial charge in [-0.25, -0.2) is 4.39 Å². The van der Waals surface area contributed by atoms with Gasteiger partial charge in [-0.15, -0.1) is 11.3 Å². The molecule has 15 heteroatoms. The van der Waals surface area contributed by atoms with Crippen molar-refractivity contribution >= 4 is 38.7 Å². The number of carbonyl (C=O) groups excluding carboxylic acids is 1. The number of likely N-dealkylation sites (tertiary alicyclic amines) is 1. The molecule has 0 bridgehead atoms. The number of carbonyl (C=O) groups is 1. The molecule has 0 radical (unpaired) electrons. The van der Waals surface area contributed by atoms with Crippen LogP contribution in [0.3, 0.4) is 0 Å². The second kappa shape index (κ2) is 14.8. The zero-order chi connectivity index (χ0) is 33.6. The number of ether oxygens (including phenoxy) is 1. The van der Waals surface area contributed by atoms with Crippen LogP contribution in [0.1, 0.15) is 40.6 Å². The molecule has 2 heterocycles. The Morgan fingerprint density at radius 3 is 2.48 bits per heavy atom. The van der Waals surface area contributed by atoms with Gasteiger partial charge in [-0.1, -0.05) is 24.0 Å². The van der Waals surface area contributed by atoms with Gasteiger partial charge in [-0.05, 0) is 42.8 Å². The molecule has 0 spiro atoms. The number of fused-ring (bicyclic) bond motifs is 1. The number of amides is 1. The van der Waals surface area contributed by atoms with Gasteiger partial charge in [0.2, 0.25) is 0 Å². The lowest BCUT2D eigenvalue weighted by molar-refractivity contribution is -0.153. The predicted molar refractivity (Wildman–Crippen MR) is 163 cm³/mol. The van der Waals surface area contributed by atoms with Crippen molar-refractivity contribution < 1.29 is 45.4 Å². The topological polar surface area (TPSA) is 85.9 Å². The van der Waals surface area contributed by atoms with E-state index in [9.17, 15) is 40.6 Å². The van der Waals surface area contributed by atoms with Crippen LogP contribution in [0.15, 0.2) is 30.3 Å². The molecule has 1 aliphatic rings. The first-order chi connectivity index (χ1) is 21.6. The molecule has 4 rings (SSSR count). The summed E-state index contributed by atoms with van der Waals surface area (Å²) in [6.07, 6.45) is -9.29. The van der Waals surface area contributed by atoms with Gasteiger partial charge >= 0.3 is 12.4 Å². The molecule has 1 fully saturated rings. The summed E-state index contributed by atoms with van der Waals surface area (Å²) in [7, 11) is 1.23. The Balaban J connectivity index is 1.57. The van der Waals surface area contributed by atoms with Crippen LogP contribution in [0.2, 0.25) is 0 Å². The number of benzene rings is 2. The Bertz CT molecular complexity index is 1590. The Morgan fingerprint density at radius 2 is 1.85 bits per heavy atom. The molecule has 46 heavy (non-hydrogen) atoms. The third-order valence-electron chi connectivity index (χ3n) is 7.17. The molecule has 2 aromatic carbocycles. The van der Waals surface area contributed by atoms with Gasteiger partial charge in [-0.2, -0.15) is 26.3 Å². The lowest BCUT2D eigenvalue weighted by Gasteiger charge is -2.33. The number of β-amino-alcohol motifs (C(OH)–C–C–N with tert-alkyl or cyclic N) is 1. The number of alkyl halides is 6. The second-order valence-electron chi connectivity index (χ2n) is 10.9. The average molecular weight is 675 g/mol. The summed E-state index contributed by atoms with van der Waals surface area (Å²) in [6, 6.07) is 6.79. The highest BCUT2D eigenvalue weighted by Crippen LogP contribution is 2.39. The smallest absolute Gasteiger partial charge is 0.422 e. The SMILES string of the molecule is CNC(=O)c1cc(OCC(F)(F)F)c(NCC#Cc2sc3c(NC4CCN(CC(C)O)CC4)cccc3c2CC(F)(F)F)cc1F. The molecule has 1 aliphatic heterocycles. The molecule has 4 N–H and O–H groups in total. The van der Waals surface area contributed by atoms with Crippen LogP contribution in [-0.2, 0) is 6.42 Å². The van der Waals surface area contributed by atoms with E-state index < -0.39 is 54.5 Å². The zero-order valence-corrected chi connectivity index (χ0v) is 25.8. The van der Waals surface area contributed by atoms with Crippen molar-refractivity contribution in [1.82, 2.24) is 10.2 Å². The fraction of sp³-hybridized carbons (Fsp3) is 0.452. The van der Waals surface area contributed by atoms with Crippen molar-refractivity contribution in [1.29, 1.82) is 0 Å². The van der Waals surface area contributed by atoms with E-state index in [2.05, 4.69) is 32.7 Å². The summed E-state index contributed by atoms with van der Waals surface area (Å²) in [6.45, 7) is 1.86. The highest BCUT2D eigenvalue weighted by molar-refractivity contribution is 7.20. The van der Waals surface area contributed by atoms with Crippen molar-refractivity contribution in [2.75, 3.05) is 50.5 Å². The van der Waals surface area contributed by atoms with Crippen molar-refractivity contribution in [3.63, 3.8) is 0 Å². The summed E-state index contributed by atoms with van der Waals surface area (Å²) in [4.78, 5) is 14.3. The fourth-order valence-electron chi connectivity index (χ4n) is 5.16. The monoisotopic (exact) mass is 674 g/mol. The van der Waals surface area contributed by atoms with Crippen molar-refractivity contribution in [3.8, 4) is 17.6 Å². The molecule has 0 saturated carbocycles. The summed E-state index contributed by atoms with van der Waals surface area (Å²) in [5, 5.41) is 18.3. The van der Waals surface area contributed by atoms with E-state index in [0.29, 0.717) is 22.3 Å². The average Bonchev–Trinajstić information content (AvgIpc) is 3.31. The molecule has 250 valence electrons. The largest absolute Gasteiger partial charge is 0.482 e. The first kappa shape index (κ1) is 35.1. The summed E-state index contributed by atoms with van der Waals surface area (Å²) >= 11 is 1.10. The van der Waals surface area contributed by atoms with E-state index in [1.807, 2.05) is 0 Å². The molecule has 1 atom stereocenters. The van der Waals surface area contributed by atoms with Crippen molar-refractivity contribution in [3.05, 3.63) is 52.2 Å². The fourth-order valence-corrected chi connectivity index (χ4v) is 6.33. The summed E-state index contributed by atoms with van der Waals surface area (Å²) in [5.74, 6) is 3.07. The van der Waals surface area contributed by atoms with E-state index in [1.54, 1.807) is 25.1 Å². The summed E-state index contributed by atoms with van der Waals surface area (Å²) in [5.41, 5.74) is -0.0653. The van der Waals surface area contributed by atoms with Gasteiger partial charge in [0.1, 0.15) is 11.6 Å². The van der Waals surface area contributed by atoms with Crippen LogP contribution in [0.25, 0.3) is 10.1 Å². The third kappa shape index (κ3) is 9.63. The van der Waals surface area contributed by atoms with Gasteiger partial charge in [0, 0.05) is 38.8 Å². The molecule has 1 aromatic heterocycles. The Hall–Kier alpha value is -3.74. The highest BCUT2D eigenvalue weighted by atomic mass is 32.1. The van der Waals surface area contributed by atoms with Crippen LogP contribution >= 0.6 is 11.3 Å². The van der Waals surface area contributed by atoms with E-state index in [0.717, 1.165) is 49.4 Å². The predicted octanol–water partition coefficient (Wildman–Crippen LogP) is 6.17. The number of anilines is 2. The van der Waals surface area contributed by atoms with Crippen molar-refractivity contribution in [2.45, 2.75) is 50.7 Å². The van der Waals surface area contributed by atoms with Crippen LogP contribution in [0.4, 0.5) is 42.1 Å². The maximum Gasteiger partial charge on any atom is 0.422 e. The van der Waals surface area contributed by atoms with E-state index in [1.165, 1.54) is 7.05 Å². The van der Waals surface area contributed by atoms with Crippen LogP contribution in [0.5, 0.6) is 5.75 Å². The van der Waals surface area contributed by atoms with Crippen LogP contribution < -0.4 is 20.7 Å². The summed E-state index contributed by atoms with van der Waals surface area (Å²) < 4.78 is 99.4. The number of thiophene rings is 1. The maximum atomic E-state index is 14.6. The van der Waals surface area contributed by atoms with Gasteiger partial charge < -0.3 is 30.7 Å². The number of nitrogens with zero attached hydrogens (tertiary/aromatic N) is 1. The number of aliphatic hydroxyl groups is 1. The molecule has 1 amide bonds.